The summed E-state index contributed by atoms with van der Waals surface area (Å²) in [6, 6.07) is 28.3. The van der Waals surface area contributed by atoms with E-state index in [0.717, 1.165) is 43.1 Å². The second kappa shape index (κ2) is 10.5. The molecule has 5 rings (SSSR count). The van der Waals surface area contributed by atoms with Crippen LogP contribution in [0.15, 0.2) is 84.9 Å². The molecular weight excluding hydrogens is 448 g/mol. The predicted octanol–water partition coefficient (Wildman–Crippen LogP) is 4.73. The van der Waals surface area contributed by atoms with Crippen LogP contribution in [0.4, 0.5) is 17.1 Å². The first-order chi connectivity index (χ1) is 17.5. The molecule has 186 valence electrons. The summed E-state index contributed by atoms with van der Waals surface area (Å²) < 4.78 is 0. The van der Waals surface area contributed by atoms with Crippen molar-refractivity contribution in [1.82, 2.24) is 4.90 Å². The number of amides is 2. The smallest absolute Gasteiger partial charge is 0.241 e. The highest BCUT2D eigenvalue weighted by Gasteiger charge is 2.38. The highest BCUT2D eigenvalue weighted by Crippen LogP contribution is 2.42. The Hall–Kier alpha value is -3.64. The van der Waals surface area contributed by atoms with Crippen molar-refractivity contribution in [3.05, 3.63) is 90.5 Å². The molecule has 0 saturated carbocycles. The molecular formula is C30H34N4O2. The van der Waals surface area contributed by atoms with Crippen LogP contribution >= 0.6 is 0 Å². The lowest BCUT2D eigenvalue weighted by Crippen LogP contribution is -2.52. The summed E-state index contributed by atoms with van der Waals surface area (Å²) in [5.41, 5.74) is 4.06. The van der Waals surface area contributed by atoms with Crippen LogP contribution in [-0.2, 0) is 9.59 Å². The molecule has 3 aromatic rings. The van der Waals surface area contributed by atoms with E-state index >= 15 is 0 Å². The molecule has 3 aromatic carbocycles. The van der Waals surface area contributed by atoms with Crippen LogP contribution in [0.2, 0.25) is 0 Å². The zero-order valence-corrected chi connectivity index (χ0v) is 21.1. The van der Waals surface area contributed by atoms with E-state index in [4.69, 9.17) is 0 Å². The summed E-state index contributed by atoms with van der Waals surface area (Å²) in [4.78, 5) is 34.9. The van der Waals surface area contributed by atoms with Gasteiger partial charge in [0.05, 0.1) is 12.6 Å². The summed E-state index contributed by atoms with van der Waals surface area (Å²) in [5.74, 6) is 0.125. The number of carbonyl (C=O) groups is 2. The molecule has 0 spiro atoms. The second-order valence-electron chi connectivity index (χ2n) is 9.75. The summed E-state index contributed by atoms with van der Waals surface area (Å²) >= 11 is 0. The van der Waals surface area contributed by atoms with Crippen LogP contribution in [0.5, 0.6) is 0 Å². The molecule has 0 radical (unpaired) electrons. The van der Waals surface area contributed by atoms with Crippen LogP contribution in [0.3, 0.4) is 0 Å². The lowest BCUT2D eigenvalue weighted by Gasteiger charge is -2.44. The van der Waals surface area contributed by atoms with E-state index < -0.39 is 0 Å². The van der Waals surface area contributed by atoms with Crippen LogP contribution in [0.25, 0.3) is 0 Å². The molecule has 1 fully saturated rings. The number of benzene rings is 3. The predicted molar refractivity (Wildman–Crippen MR) is 145 cm³/mol. The van der Waals surface area contributed by atoms with E-state index in [1.165, 1.54) is 5.69 Å². The van der Waals surface area contributed by atoms with Crippen molar-refractivity contribution in [2.45, 2.75) is 32.4 Å². The van der Waals surface area contributed by atoms with Crippen molar-refractivity contribution < 1.29 is 9.59 Å². The topological polar surface area (TPSA) is 47.1 Å². The maximum atomic E-state index is 14.0. The molecule has 0 N–H and O–H groups in total. The minimum absolute atomic E-state index is 0.00386. The third kappa shape index (κ3) is 4.86. The molecule has 2 atom stereocenters. The van der Waals surface area contributed by atoms with Gasteiger partial charge in [0, 0.05) is 56.2 Å². The second-order valence-corrected chi connectivity index (χ2v) is 9.75. The van der Waals surface area contributed by atoms with Crippen molar-refractivity contribution in [1.29, 1.82) is 0 Å². The average Bonchev–Trinajstić information content (AvgIpc) is 2.90. The minimum Gasteiger partial charge on any atom is -0.369 e. The molecule has 1 saturated heterocycles. The summed E-state index contributed by atoms with van der Waals surface area (Å²) in [7, 11) is 0. The quantitative estimate of drug-likeness (QED) is 0.528. The number of hydrogen-bond donors (Lipinski definition) is 0. The molecule has 0 bridgehead atoms. The summed E-state index contributed by atoms with van der Waals surface area (Å²) in [6.45, 7) is 7.56. The maximum absolute atomic E-state index is 14.0. The van der Waals surface area contributed by atoms with E-state index in [1.807, 2.05) is 64.4 Å². The normalized spacial score (nSPS) is 20.1. The van der Waals surface area contributed by atoms with Gasteiger partial charge in [-0.1, -0.05) is 54.6 Å². The number of fused-ring (bicyclic) bond motifs is 1. The molecule has 0 aromatic heterocycles. The Morgan fingerprint density at radius 3 is 2.11 bits per heavy atom. The van der Waals surface area contributed by atoms with Crippen molar-refractivity contribution in [2.75, 3.05) is 47.4 Å². The van der Waals surface area contributed by atoms with E-state index in [9.17, 15) is 9.59 Å². The third-order valence-corrected chi connectivity index (χ3v) is 7.37. The fourth-order valence-corrected chi connectivity index (χ4v) is 5.66. The van der Waals surface area contributed by atoms with Gasteiger partial charge in [-0.15, -0.1) is 0 Å². The fourth-order valence-electron chi connectivity index (χ4n) is 5.66. The molecule has 2 aliphatic heterocycles. The maximum Gasteiger partial charge on any atom is 0.241 e. The lowest BCUT2D eigenvalue weighted by atomic mass is 9.90. The van der Waals surface area contributed by atoms with Crippen molar-refractivity contribution in [3.63, 3.8) is 0 Å². The Bertz CT molecular complexity index is 1190. The summed E-state index contributed by atoms with van der Waals surface area (Å²) in [5, 5.41) is 0. The number of hydrogen-bond acceptors (Lipinski definition) is 4. The molecule has 0 unspecified atom stereocenters. The van der Waals surface area contributed by atoms with Crippen LogP contribution in [-0.4, -0.2) is 55.5 Å². The summed E-state index contributed by atoms with van der Waals surface area (Å²) in [6.07, 6.45) is 0.693. The molecule has 2 aliphatic rings. The first-order valence-electron chi connectivity index (χ1n) is 12.8. The van der Waals surface area contributed by atoms with Gasteiger partial charge in [-0.2, -0.15) is 0 Å². The number of anilines is 3. The van der Waals surface area contributed by atoms with E-state index in [2.05, 4.69) is 47.1 Å². The van der Waals surface area contributed by atoms with Crippen molar-refractivity contribution >= 4 is 28.9 Å². The largest absolute Gasteiger partial charge is 0.369 e. The van der Waals surface area contributed by atoms with Gasteiger partial charge in [0.15, 0.2) is 0 Å². The van der Waals surface area contributed by atoms with Gasteiger partial charge < -0.3 is 14.7 Å². The molecule has 36 heavy (non-hydrogen) atoms. The number of para-hydroxylation sites is 3. The van der Waals surface area contributed by atoms with Crippen LogP contribution in [0.1, 0.15) is 31.9 Å². The highest BCUT2D eigenvalue weighted by molar-refractivity contribution is 5.98. The average molecular weight is 483 g/mol. The molecule has 0 aliphatic carbocycles. The van der Waals surface area contributed by atoms with Crippen molar-refractivity contribution in [2.24, 2.45) is 0 Å². The van der Waals surface area contributed by atoms with Crippen LogP contribution in [0, 0.1) is 0 Å². The van der Waals surface area contributed by atoms with E-state index in [0.29, 0.717) is 13.0 Å². The first kappa shape index (κ1) is 24.1. The SMILES string of the molecule is CC(=O)N1c2ccccc2[C@@H](N(C(=O)CN2CCN(c3ccccc3)CC2)c2ccccc2)C[C@@H]1C. The molecule has 2 heterocycles. The standard InChI is InChI=1S/C30H34N4O2/c1-23-21-29(27-15-9-10-16-28(27)33(23)24(2)35)34(26-13-7-4-8-14-26)30(36)22-31-17-19-32(20-18-31)25-11-5-3-6-12-25/h3-16,23,29H,17-22H2,1-2H3/t23-,29-/m0/s1. The van der Waals surface area contributed by atoms with Crippen LogP contribution < -0.4 is 14.7 Å². The van der Waals surface area contributed by atoms with E-state index in [1.54, 1.807) is 6.92 Å². The fraction of sp³-hybridized carbons (Fsp3) is 0.333. The Morgan fingerprint density at radius 2 is 1.44 bits per heavy atom. The van der Waals surface area contributed by atoms with Gasteiger partial charge in [-0.25, -0.2) is 0 Å². The van der Waals surface area contributed by atoms with Gasteiger partial charge in [0.1, 0.15) is 0 Å². The number of nitrogens with zero attached hydrogens (tertiary/aromatic N) is 4. The Labute approximate surface area is 213 Å². The zero-order valence-electron chi connectivity index (χ0n) is 21.1. The first-order valence-corrected chi connectivity index (χ1v) is 12.8. The number of rotatable bonds is 5. The Morgan fingerprint density at radius 1 is 0.833 bits per heavy atom. The van der Waals surface area contributed by atoms with Gasteiger partial charge in [0.25, 0.3) is 0 Å². The van der Waals surface area contributed by atoms with Crippen molar-refractivity contribution in [3.8, 4) is 0 Å². The lowest BCUT2D eigenvalue weighted by molar-refractivity contribution is -0.120. The monoisotopic (exact) mass is 482 g/mol. The Balaban J connectivity index is 1.39. The zero-order chi connectivity index (χ0) is 25.1. The van der Waals surface area contributed by atoms with Gasteiger partial charge >= 0.3 is 0 Å². The van der Waals surface area contributed by atoms with Gasteiger partial charge in [0.2, 0.25) is 11.8 Å². The Kier molecular flexibility index (Phi) is 7.05. The molecule has 2 amide bonds. The molecule has 6 nitrogen and oxygen atoms in total. The van der Waals surface area contributed by atoms with E-state index in [-0.39, 0.29) is 23.9 Å². The third-order valence-electron chi connectivity index (χ3n) is 7.37. The van der Waals surface area contributed by atoms with Gasteiger partial charge in [-0.3, -0.25) is 14.5 Å². The van der Waals surface area contributed by atoms with Gasteiger partial charge in [-0.05, 0) is 49.2 Å². The number of carbonyl (C=O) groups excluding carboxylic acids is 2. The highest BCUT2D eigenvalue weighted by atomic mass is 16.2. The number of piperazine rings is 1. The molecule has 6 heteroatoms. The minimum atomic E-state index is -0.132.